The predicted octanol–water partition coefficient (Wildman–Crippen LogP) is 1.37. The molecule has 49 valence electrons. The quantitative estimate of drug-likeness (QED) is 0.531. The molecule has 8 heavy (non-hydrogen) atoms. The summed E-state index contributed by atoms with van der Waals surface area (Å²) in [6.07, 6.45) is 2.20. The fourth-order valence-electron chi connectivity index (χ4n) is 0.407. The zero-order valence-electron chi connectivity index (χ0n) is 5.35. The predicted molar refractivity (Wildman–Crippen MR) is 38.1 cm³/mol. The standard InChI is InChI=1S/C6H13OS/c1-3-5-6-8(7)4-2/h2-6H2,1H3. The molecule has 0 N–H and O–H groups in total. The molecule has 0 aliphatic carbocycles. The van der Waals surface area contributed by atoms with Crippen LogP contribution in [-0.4, -0.2) is 16.1 Å². The third kappa shape index (κ3) is 4.47. The van der Waals surface area contributed by atoms with Gasteiger partial charge >= 0.3 is 0 Å². The maximum Gasteiger partial charge on any atom is 0.105 e. The summed E-state index contributed by atoms with van der Waals surface area (Å²) in [7, 11) is 0. The van der Waals surface area contributed by atoms with Crippen LogP contribution in [0.15, 0.2) is 0 Å². The first-order valence-electron chi connectivity index (χ1n) is 2.95. The van der Waals surface area contributed by atoms with E-state index in [0.29, 0.717) is 5.75 Å². The summed E-state index contributed by atoms with van der Waals surface area (Å²) in [5.74, 6) is 1.40. The Kier molecular flexibility index (Phi) is 5.66. The lowest BCUT2D eigenvalue weighted by atomic mass is 10.4. The molecule has 2 heteroatoms. The van der Waals surface area contributed by atoms with Gasteiger partial charge in [-0.15, -0.1) is 0 Å². The third-order valence-corrected chi connectivity index (χ3v) is 2.15. The van der Waals surface area contributed by atoms with Gasteiger partial charge in [-0.05, 0) is 13.3 Å². The summed E-state index contributed by atoms with van der Waals surface area (Å²) < 4.78 is 10.6. The lowest BCUT2D eigenvalue weighted by Crippen LogP contribution is -2.07. The summed E-state index contributed by atoms with van der Waals surface area (Å²) in [5, 5.41) is 0. The van der Waals surface area contributed by atoms with Gasteiger partial charge in [0.05, 0.1) is 0 Å². The maximum atomic E-state index is 10.6. The molecule has 0 rings (SSSR count). The van der Waals surface area contributed by atoms with Crippen molar-refractivity contribution in [2.45, 2.75) is 19.8 Å². The van der Waals surface area contributed by atoms with Crippen molar-refractivity contribution in [3.05, 3.63) is 6.92 Å². The number of rotatable bonds is 4. The van der Waals surface area contributed by atoms with Gasteiger partial charge in [0.25, 0.3) is 0 Å². The van der Waals surface area contributed by atoms with Crippen molar-refractivity contribution in [2.24, 2.45) is 0 Å². The minimum Gasteiger partial charge on any atom is -0.616 e. The zero-order valence-corrected chi connectivity index (χ0v) is 6.17. The smallest absolute Gasteiger partial charge is 0.105 e. The molecule has 0 aromatic heterocycles. The molecule has 1 atom stereocenters. The first kappa shape index (κ1) is 8.31. The van der Waals surface area contributed by atoms with Crippen molar-refractivity contribution in [1.82, 2.24) is 0 Å². The maximum absolute atomic E-state index is 10.6. The largest absolute Gasteiger partial charge is 0.616 e. The summed E-state index contributed by atoms with van der Waals surface area (Å²) in [5.41, 5.74) is 0. The molecule has 0 aromatic rings. The molecule has 0 amide bonds. The molecular weight excluding hydrogens is 120 g/mol. The minimum absolute atomic E-state index is 0.569. The second-order valence-corrected chi connectivity index (χ2v) is 3.40. The molecule has 0 fully saturated rings. The Balaban J connectivity index is 2.86. The zero-order chi connectivity index (χ0) is 6.41. The fraction of sp³-hybridized carbons (Fsp3) is 0.833. The van der Waals surface area contributed by atoms with Crippen LogP contribution in [0.3, 0.4) is 0 Å². The molecule has 0 spiro atoms. The average Bonchev–Trinajstić information content (AvgIpc) is 1.83. The number of hydrogen-bond acceptors (Lipinski definition) is 1. The summed E-state index contributed by atoms with van der Waals surface area (Å²) in [6.45, 7) is 5.64. The van der Waals surface area contributed by atoms with Gasteiger partial charge in [-0.1, -0.05) is 24.5 Å². The van der Waals surface area contributed by atoms with Gasteiger partial charge < -0.3 is 4.55 Å². The molecule has 0 aromatic carbocycles. The Morgan fingerprint density at radius 2 is 2.25 bits per heavy atom. The van der Waals surface area contributed by atoms with Gasteiger partial charge in [-0.3, -0.25) is 0 Å². The van der Waals surface area contributed by atoms with Crippen LogP contribution in [-0.2, 0) is 11.2 Å². The van der Waals surface area contributed by atoms with Gasteiger partial charge in [0.15, 0.2) is 0 Å². The van der Waals surface area contributed by atoms with E-state index in [1.165, 1.54) is 0 Å². The highest BCUT2D eigenvalue weighted by atomic mass is 32.2. The Bertz CT molecular complexity index is 47.8. The third-order valence-electron chi connectivity index (χ3n) is 0.953. The number of hydrogen-bond donors (Lipinski definition) is 0. The molecular formula is C6H13OS. The topological polar surface area (TPSA) is 23.1 Å². The van der Waals surface area contributed by atoms with E-state index in [0.717, 1.165) is 18.6 Å². The van der Waals surface area contributed by atoms with Crippen molar-refractivity contribution >= 4 is 11.2 Å². The highest BCUT2D eigenvalue weighted by molar-refractivity contribution is 7.91. The van der Waals surface area contributed by atoms with Crippen LogP contribution in [0.25, 0.3) is 0 Å². The lowest BCUT2D eigenvalue weighted by molar-refractivity contribution is 0.594. The first-order chi connectivity index (χ1) is 3.81. The minimum atomic E-state index is -0.638. The van der Waals surface area contributed by atoms with Gasteiger partial charge in [0.2, 0.25) is 0 Å². The first-order valence-corrected chi connectivity index (χ1v) is 4.44. The Morgan fingerprint density at radius 3 is 2.62 bits per heavy atom. The average molecular weight is 133 g/mol. The van der Waals surface area contributed by atoms with Crippen LogP contribution in [0.4, 0.5) is 0 Å². The van der Waals surface area contributed by atoms with Crippen LogP contribution < -0.4 is 0 Å². The Hall–Kier alpha value is 0.310. The molecule has 0 saturated carbocycles. The molecule has 1 unspecified atom stereocenters. The van der Waals surface area contributed by atoms with Gasteiger partial charge in [0.1, 0.15) is 11.5 Å². The van der Waals surface area contributed by atoms with Crippen molar-refractivity contribution < 1.29 is 4.55 Å². The van der Waals surface area contributed by atoms with Crippen molar-refractivity contribution in [2.75, 3.05) is 11.5 Å². The normalized spacial score (nSPS) is 13.9. The monoisotopic (exact) mass is 133 g/mol. The highest BCUT2D eigenvalue weighted by Gasteiger charge is 1.97. The Morgan fingerprint density at radius 1 is 1.62 bits per heavy atom. The SMILES string of the molecule is [CH2]C[S+]([O-])CCCC. The van der Waals surface area contributed by atoms with Crippen molar-refractivity contribution in [1.29, 1.82) is 0 Å². The van der Waals surface area contributed by atoms with Crippen LogP contribution >= 0.6 is 0 Å². The molecule has 0 aliphatic rings. The van der Waals surface area contributed by atoms with Crippen LogP contribution in [0, 0.1) is 6.92 Å². The van der Waals surface area contributed by atoms with E-state index in [1.807, 2.05) is 0 Å². The Labute approximate surface area is 54.7 Å². The van der Waals surface area contributed by atoms with E-state index in [-0.39, 0.29) is 0 Å². The molecule has 0 saturated heterocycles. The van der Waals surface area contributed by atoms with E-state index >= 15 is 0 Å². The highest BCUT2D eigenvalue weighted by Crippen LogP contribution is 1.95. The van der Waals surface area contributed by atoms with E-state index in [9.17, 15) is 4.55 Å². The second kappa shape index (κ2) is 5.45. The molecule has 1 radical (unpaired) electrons. The van der Waals surface area contributed by atoms with Crippen LogP contribution in [0.5, 0.6) is 0 Å². The molecule has 0 aliphatic heterocycles. The molecule has 0 heterocycles. The van der Waals surface area contributed by atoms with E-state index in [1.54, 1.807) is 0 Å². The van der Waals surface area contributed by atoms with Crippen LogP contribution in [0.1, 0.15) is 19.8 Å². The fourth-order valence-corrected chi connectivity index (χ4v) is 1.22. The van der Waals surface area contributed by atoms with E-state index in [4.69, 9.17) is 0 Å². The summed E-state index contributed by atoms with van der Waals surface area (Å²) >= 11 is -0.638. The van der Waals surface area contributed by atoms with Crippen molar-refractivity contribution in [3.63, 3.8) is 0 Å². The summed E-state index contributed by atoms with van der Waals surface area (Å²) in [6, 6.07) is 0. The van der Waals surface area contributed by atoms with E-state index < -0.39 is 11.2 Å². The van der Waals surface area contributed by atoms with Gasteiger partial charge in [-0.2, -0.15) is 0 Å². The lowest BCUT2D eigenvalue weighted by Gasteiger charge is -2.05. The van der Waals surface area contributed by atoms with Gasteiger partial charge in [0, 0.05) is 0 Å². The number of unbranched alkanes of at least 4 members (excludes halogenated alkanes) is 1. The van der Waals surface area contributed by atoms with E-state index in [2.05, 4.69) is 13.8 Å². The van der Waals surface area contributed by atoms with Crippen molar-refractivity contribution in [3.8, 4) is 0 Å². The molecule has 0 bridgehead atoms. The molecule has 1 nitrogen and oxygen atoms in total. The summed E-state index contributed by atoms with van der Waals surface area (Å²) in [4.78, 5) is 0. The second-order valence-electron chi connectivity index (χ2n) is 1.70. The van der Waals surface area contributed by atoms with Crippen LogP contribution in [0.2, 0.25) is 0 Å². The van der Waals surface area contributed by atoms with Gasteiger partial charge in [-0.25, -0.2) is 0 Å².